The number of aryl methyl sites for hydroxylation is 2. The molecular formula is C30H39N5O6S. The highest BCUT2D eigenvalue weighted by Crippen LogP contribution is 2.32. The number of rotatable bonds is 15. The Labute approximate surface area is 246 Å². The summed E-state index contributed by atoms with van der Waals surface area (Å²) in [5.74, 6) is 1.80. The first kappa shape index (κ1) is 31.2. The zero-order chi connectivity index (χ0) is 30.3. The smallest absolute Gasteiger partial charge is 0.277 e. The van der Waals surface area contributed by atoms with Crippen LogP contribution in [0, 0.1) is 6.92 Å². The number of benzene rings is 2. The molecule has 12 heteroatoms. The summed E-state index contributed by atoms with van der Waals surface area (Å²) in [6, 6.07) is 11.7. The number of unbranched alkanes of at least 4 members (excludes halogenated alkanes) is 2. The Bertz CT molecular complexity index is 1680. The topological polar surface area (TPSA) is 139 Å². The van der Waals surface area contributed by atoms with Crippen LogP contribution >= 0.6 is 0 Å². The van der Waals surface area contributed by atoms with Crippen LogP contribution in [0.2, 0.25) is 0 Å². The molecule has 0 aliphatic carbocycles. The number of aromatic nitrogens is 4. The third-order valence-electron chi connectivity index (χ3n) is 7.00. The third-order valence-corrected chi connectivity index (χ3v) is 8.84. The fourth-order valence-electron chi connectivity index (χ4n) is 4.89. The predicted molar refractivity (Wildman–Crippen MR) is 160 cm³/mol. The van der Waals surface area contributed by atoms with E-state index in [1.54, 1.807) is 29.6 Å². The fourth-order valence-corrected chi connectivity index (χ4v) is 6.38. The van der Waals surface area contributed by atoms with Gasteiger partial charge in [-0.3, -0.25) is 4.79 Å². The first-order chi connectivity index (χ1) is 20.2. The highest BCUT2D eigenvalue weighted by Gasteiger charge is 2.27. The number of nitrogens with one attached hydrogen (secondary N) is 1. The molecule has 4 aromatic rings. The minimum absolute atomic E-state index is 0.00141. The number of aliphatic hydroxyl groups excluding tert-OH is 1. The number of aromatic amines is 1. The molecule has 0 unspecified atom stereocenters. The summed E-state index contributed by atoms with van der Waals surface area (Å²) in [5.41, 5.74) is 1.60. The number of hydrogen-bond acceptors (Lipinski definition) is 8. The molecule has 0 saturated carbocycles. The van der Waals surface area contributed by atoms with Crippen molar-refractivity contribution in [2.24, 2.45) is 0 Å². The van der Waals surface area contributed by atoms with Gasteiger partial charge in [0.05, 0.1) is 29.9 Å². The van der Waals surface area contributed by atoms with Crippen molar-refractivity contribution in [1.82, 2.24) is 23.9 Å². The van der Waals surface area contributed by atoms with Gasteiger partial charge < -0.3 is 19.6 Å². The number of methoxy groups -OCH3 is 1. The Morgan fingerprint density at radius 2 is 1.86 bits per heavy atom. The number of ether oxygens (including phenoxy) is 2. The lowest BCUT2D eigenvalue weighted by molar-refractivity contribution is 0.267. The number of aliphatic hydroxyl groups is 1. The van der Waals surface area contributed by atoms with Crippen molar-refractivity contribution >= 4 is 15.5 Å². The summed E-state index contributed by atoms with van der Waals surface area (Å²) >= 11 is 0. The first-order valence-corrected chi connectivity index (χ1v) is 15.7. The van der Waals surface area contributed by atoms with E-state index in [-0.39, 0.29) is 42.4 Å². The lowest BCUT2D eigenvalue weighted by Gasteiger charge is -2.23. The number of nitrogens with zero attached hydrogens (tertiary/aromatic N) is 4. The van der Waals surface area contributed by atoms with Crippen LogP contribution < -0.4 is 15.0 Å². The normalized spacial score (nSPS) is 11.9. The highest BCUT2D eigenvalue weighted by molar-refractivity contribution is 7.89. The number of hydrogen-bond donors (Lipinski definition) is 2. The van der Waals surface area contributed by atoms with Gasteiger partial charge in [0.25, 0.3) is 5.56 Å². The SMILES string of the molecule is CCCCCc1nc(C)c2c(=O)[nH]c(-c3cc(S(=O)(=O)N(CCCO)Cc4ccccc4OC)ccc3OCC)nn12. The Balaban J connectivity index is 1.82. The molecule has 0 atom stereocenters. The molecule has 0 spiro atoms. The van der Waals surface area contributed by atoms with Gasteiger partial charge >= 0.3 is 0 Å². The molecule has 0 radical (unpaired) electrons. The molecule has 2 heterocycles. The van der Waals surface area contributed by atoms with E-state index < -0.39 is 10.0 Å². The quantitative estimate of drug-likeness (QED) is 0.195. The van der Waals surface area contributed by atoms with E-state index in [1.165, 1.54) is 23.5 Å². The number of sulfonamides is 1. The molecule has 42 heavy (non-hydrogen) atoms. The average Bonchev–Trinajstić information content (AvgIpc) is 3.31. The van der Waals surface area contributed by atoms with Crippen LogP contribution in [-0.2, 0) is 23.0 Å². The third kappa shape index (κ3) is 6.66. The molecular weight excluding hydrogens is 558 g/mol. The van der Waals surface area contributed by atoms with E-state index >= 15 is 0 Å². The minimum atomic E-state index is -4.06. The summed E-state index contributed by atoms with van der Waals surface area (Å²) in [6.07, 6.45) is 3.90. The van der Waals surface area contributed by atoms with Crippen LogP contribution in [0.4, 0.5) is 0 Å². The van der Waals surface area contributed by atoms with Gasteiger partial charge in [-0.1, -0.05) is 38.0 Å². The maximum Gasteiger partial charge on any atom is 0.277 e. The summed E-state index contributed by atoms with van der Waals surface area (Å²) in [7, 11) is -2.52. The van der Waals surface area contributed by atoms with Gasteiger partial charge in [-0.2, -0.15) is 4.31 Å². The number of para-hydroxylation sites is 1. The predicted octanol–water partition coefficient (Wildman–Crippen LogP) is 4.11. The first-order valence-electron chi connectivity index (χ1n) is 14.2. The monoisotopic (exact) mass is 597 g/mol. The van der Waals surface area contributed by atoms with Crippen LogP contribution in [0.25, 0.3) is 16.9 Å². The standard InChI is InChI=1S/C30H39N5O6S/c1-5-7-8-14-27-31-21(3)28-30(37)32-29(33-35(27)28)24-19-23(15-16-26(24)41-6-2)42(38,39)34(17-11-18-36)20-22-12-9-10-13-25(22)40-4/h9-10,12-13,15-16,19,36H,5-8,11,14,17-18,20H2,1-4H3,(H,32,33,37). The lowest BCUT2D eigenvalue weighted by atomic mass is 10.2. The number of fused-ring (bicyclic) bond motifs is 1. The highest BCUT2D eigenvalue weighted by atomic mass is 32.2. The van der Waals surface area contributed by atoms with Crippen molar-refractivity contribution in [1.29, 1.82) is 0 Å². The number of imidazole rings is 1. The van der Waals surface area contributed by atoms with Gasteiger partial charge in [0.1, 0.15) is 17.3 Å². The van der Waals surface area contributed by atoms with Crippen molar-refractivity contribution in [3.8, 4) is 22.9 Å². The molecule has 0 amide bonds. The minimum Gasteiger partial charge on any atom is -0.496 e. The molecule has 0 bridgehead atoms. The number of H-pyrrole nitrogens is 1. The molecule has 4 rings (SSSR count). The molecule has 0 saturated heterocycles. The zero-order valence-corrected chi connectivity index (χ0v) is 25.4. The largest absolute Gasteiger partial charge is 0.496 e. The summed E-state index contributed by atoms with van der Waals surface area (Å²) in [5, 5.41) is 14.2. The van der Waals surface area contributed by atoms with E-state index in [1.807, 2.05) is 19.1 Å². The molecule has 2 N–H and O–H groups in total. The van der Waals surface area contributed by atoms with E-state index in [4.69, 9.17) is 14.6 Å². The van der Waals surface area contributed by atoms with Crippen molar-refractivity contribution in [3.05, 3.63) is 69.9 Å². The van der Waals surface area contributed by atoms with Gasteiger partial charge in [0.2, 0.25) is 10.0 Å². The molecule has 2 aromatic carbocycles. The Morgan fingerprint density at radius 3 is 2.57 bits per heavy atom. The van der Waals surface area contributed by atoms with Crippen molar-refractivity contribution < 1.29 is 23.0 Å². The molecule has 226 valence electrons. The summed E-state index contributed by atoms with van der Waals surface area (Å²) < 4.78 is 42.2. The maximum absolute atomic E-state index is 14.0. The van der Waals surface area contributed by atoms with Crippen molar-refractivity contribution in [3.63, 3.8) is 0 Å². The second kappa shape index (κ2) is 14.0. The molecule has 0 aliphatic heterocycles. The van der Waals surface area contributed by atoms with Crippen molar-refractivity contribution in [2.75, 3.05) is 26.9 Å². The Hall–Kier alpha value is -3.74. The van der Waals surface area contributed by atoms with Gasteiger partial charge in [0, 0.05) is 31.7 Å². The maximum atomic E-state index is 14.0. The summed E-state index contributed by atoms with van der Waals surface area (Å²) in [6.45, 7) is 6.02. The van der Waals surface area contributed by atoms with E-state index in [0.29, 0.717) is 52.7 Å². The molecule has 2 aromatic heterocycles. The van der Waals surface area contributed by atoms with Crippen LogP contribution in [0.15, 0.2) is 52.2 Å². The van der Waals surface area contributed by atoms with E-state index in [2.05, 4.69) is 16.9 Å². The Kier molecular flexibility index (Phi) is 10.4. The van der Waals surface area contributed by atoms with Gasteiger partial charge in [-0.15, -0.1) is 5.10 Å². The molecule has 11 nitrogen and oxygen atoms in total. The fraction of sp³-hybridized carbons (Fsp3) is 0.433. The molecule has 0 fully saturated rings. The zero-order valence-electron chi connectivity index (χ0n) is 24.6. The Morgan fingerprint density at radius 1 is 1.07 bits per heavy atom. The summed E-state index contributed by atoms with van der Waals surface area (Å²) in [4.78, 5) is 20.6. The van der Waals surface area contributed by atoms with Crippen LogP contribution in [0.5, 0.6) is 11.5 Å². The van der Waals surface area contributed by atoms with Gasteiger partial charge in [-0.05, 0) is 51.0 Å². The van der Waals surface area contributed by atoms with E-state index in [0.717, 1.165) is 19.3 Å². The van der Waals surface area contributed by atoms with E-state index in [9.17, 15) is 18.3 Å². The average molecular weight is 598 g/mol. The van der Waals surface area contributed by atoms with Crippen LogP contribution in [0.3, 0.4) is 0 Å². The van der Waals surface area contributed by atoms with Crippen molar-refractivity contribution in [2.45, 2.75) is 64.3 Å². The second-order valence-corrected chi connectivity index (χ2v) is 11.9. The lowest BCUT2D eigenvalue weighted by Crippen LogP contribution is -2.32. The molecule has 0 aliphatic rings. The van der Waals surface area contributed by atoms with Crippen LogP contribution in [0.1, 0.15) is 56.6 Å². The second-order valence-electron chi connectivity index (χ2n) is 9.95. The van der Waals surface area contributed by atoms with Crippen LogP contribution in [-0.4, -0.2) is 64.3 Å². The van der Waals surface area contributed by atoms with Gasteiger partial charge in [0.15, 0.2) is 11.3 Å². The van der Waals surface area contributed by atoms with Gasteiger partial charge in [-0.25, -0.2) is 17.9 Å².